The molecule has 1 atom stereocenters. The molecule has 1 aromatic carbocycles. The minimum atomic E-state index is -3.65. The maximum atomic E-state index is 12.9. The Morgan fingerprint density at radius 3 is 2.52 bits per heavy atom. The predicted octanol–water partition coefficient (Wildman–Crippen LogP) is 2.24. The SMILES string of the molecule is CC[C@H](C)NC(=O)COC(=O)c1ccc(C)c(S(=O)(=O)N2CCCCC2)c1. The Bertz CT molecular complexity index is 785. The summed E-state index contributed by atoms with van der Waals surface area (Å²) in [5.74, 6) is -1.10. The van der Waals surface area contributed by atoms with E-state index < -0.39 is 22.6 Å². The van der Waals surface area contributed by atoms with Gasteiger partial charge in [0.15, 0.2) is 6.61 Å². The minimum Gasteiger partial charge on any atom is -0.452 e. The summed E-state index contributed by atoms with van der Waals surface area (Å²) in [5, 5.41) is 2.71. The van der Waals surface area contributed by atoms with Gasteiger partial charge in [-0.25, -0.2) is 13.2 Å². The van der Waals surface area contributed by atoms with Gasteiger partial charge in [0.25, 0.3) is 5.91 Å². The fourth-order valence-electron chi connectivity index (χ4n) is 2.88. The monoisotopic (exact) mass is 396 g/mol. The normalized spacial score (nSPS) is 16.6. The van der Waals surface area contributed by atoms with Crippen molar-refractivity contribution >= 4 is 21.9 Å². The largest absolute Gasteiger partial charge is 0.452 e. The second-order valence-corrected chi connectivity index (χ2v) is 8.80. The maximum absolute atomic E-state index is 12.9. The van der Waals surface area contributed by atoms with Crippen LogP contribution in [-0.4, -0.2) is 50.3 Å². The number of aryl methyl sites for hydroxylation is 1. The number of carbonyl (C=O) groups excluding carboxylic acids is 2. The quantitative estimate of drug-likeness (QED) is 0.714. The van der Waals surface area contributed by atoms with E-state index in [1.807, 2.05) is 13.8 Å². The first kappa shape index (κ1) is 21.4. The van der Waals surface area contributed by atoms with E-state index in [0.29, 0.717) is 18.7 Å². The lowest BCUT2D eigenvalue weighted by Gasteiger charge is -2.26. The maximum Gasteiger partial charge on any atom is 0.338 e. The number of hydrogen-bond acceptors (Lipinski definition) is 5. The van der Waals surface area contributed by atoms with Crippen LogP contribution in [0.3, 0.4) is 0 Å². The highest BCUT2D eigenvalue weighted by Gasteiger charge is 2.28. The molecule has 150 valence electrons. The summed E-state index contributed by atoms with van der Waals surface area (Å²) < 4.78 is 32.3. The fourth-order valence-corrected chi connectivity index (χ4v) is 4.65. The Kier molecular flexibility index (Phi) is 7.38. The van der Waals surface area contributed by atoms with Crippen LogP contribution >= 0.6 is 0 Å². The summed E-state index contributed by atoms with van der Waals surface area (Å²) in [4.78, 5) is 24.1. The fraction of sp³-hybridized carbons (Fsp3) is 0.579. The van der Waals surface area contributed by atoms with E-state index in [2.05, 4.69) is 5.32 Å². The first-order valence-corrected chi connectivity index (χ1v) is 10.8. The molecule has 0 unspecified atom stereocenters. The number of amides is 1. The summed E-state index contributed by atoms with van der Waals surface area (Å²) in [5.41, 5.74) is 0.694. The van der Waals surface area contributed by atoms with Crippen molar-refractivity contribution in [2.75, 3.05) is 19.7 Å². The van der Waals surface area contributed by atoms with Crippen LogP contribution in [0.25, 0.3) is 0 Å². The third-order valence-electron chi connectivity index (χ3n) is 4.71. The standard InChI is InChI=1S/C19H28N2O5S/c1-4-15(3)20-18(22)13-26-19(23)16-9-8-14(2)17(12-16)27(24,25)21-10-6-5-7-11-21/h8-9,12,15H,4-7,10-11,13H2,1-3H3,(H,20,22)/t15-/m0/s1. The minimum absolute atomic E-state index is 0.00290. The molecule has 0 spiro atoms. The van der Waals surface area contributed by atoms with Crippen LogP contribution < -0.4 is 5.32 Å². The lowest BCUT2D eigenvalue weighted by molar-refractivity contribution is -0.124. The van der Waals surface area contributed by atoms with E-state index in [-0.39, 0.29) is 22.4 Å². The summed E-state index contributed by atoms with van der Waals surface area (Å²) in [7, 11) is -3.65. The topological polar surface area (TPSA) is 92.8 Å². The van der Waals surface area contributed by atoms with Gasteiger partial charge in [0.05, 0.1) is 10.5 Å². The van der Waals surface area contributed by atoms with Crippen LogP contribution in [0.2, 0.25) is 0 Å². The highest BCUT2D eigenvalue weighted by Crippen LogP contribution is 2.24. The Balaban J connectivity index is 2.12. The zero-order chi connectivity index (χ0) is 20.0. The van der Waals surface area contributed by atoms with Gasteiger partial charge in [-0.3, -0.25) is 4.79 Å². The van der Waals surface area contributed by atoms with Crippen molar-refractivity contribution in [1.29, 1.82) is 0 Å². The van der Waals surface area contributed by atoms with Gasteiger partial charge >= 0.3 is 5.97 Å². The van der Waals surface area contributed by atoms with E-state index in [1.165, 1.54) is 16.4 Å². The zero-order valence-corrected chi connectivity index (χ0v) is 17.0. The number of benzene rings is 1. The van der Waals surface area contributed by atoms with Crippen molar-refractivity contribution < 1.29 is 22.7 Å². The van der Waals surface area contributed by atoms with Gasteiger partial charge in [-0.05, 0) is 50.8 Å². The number of nitrogens with one attached hydrogen (secondary N) is 1. The van der Waals surface area contributed by atoms with Crippen LogP contribution in [0.15, 0.2) is 23.1 Å². The highest BCUT2D eigenvalue weighted by molar-refractivity contribution is 7.89. The van der Waals surface area contributed by atoms with Crippen molar-refractivity contribution in [3.8, 4) is 0 Å². The van der Waals surface area contributed by atoms with Crippen molar-refractivity contribution in [3.63, 3.8) is 0 Å². The van der Waals surface area contributed by atoms with Gasteiger partial charge in [0.2, 0.25) is 10.0 Å². The molecule has 0 aromatic heterocycles. The van der Waals surface area contributed by atoms with Crippen LogP contribution in [0.5, 0.6) is 0 Å². The molecule has 0 saturated carbocycles. The number of esters is 1. The Morgan fingerprint density at radius 1 is 1.22 bits per heavy atom. The summed E-state index contributed by atoms with van der Waals surface area (Å²) in [6, 6.07) is 4.44. The van der Waals surface area contributed by atoms with Crippen molar-refractivity contribution in [2.24, 2.45) is 0 Å². The van der Waals surface area contributed by atoms with Gasteiger partial charge in [-0.1, -0.05) is 19.4 Å². The second kappa shape index (κ2) is 9.32. The molecule has 27 heavy (non-hydrogen) atoms. The summed E-state index contributed by atoms with van der Waals surface area (Å²) >= 11 is 0. The number of hydrogen-bond donors (Lipinski definition) is 1. The average Bonchev–Trinajstić information content (AvgIpc) is 2.66. The molecule has 8 heteroatoms. The van der Waals surface area contributed by atoms with Gasteiger partial charge in [-0.2, -0.15) is 4.31 Å². The number of ether oxygens (including phenoxy) is 1. The van der Waals surface area contributed by atoms with Crippen LogP contribution in [0.4, 0.5) is 0 Å². The molecule has 7 nitrogen and oxygen atoms in total. The number of carbonyl (C=O) groups is 2. The van der Waals surface area contributed by atoms with E-state index in [0.717, 1.165) is 25.7 Å². The lowest BCUT2D eigenvalue weighted by atomic mass is 10.1. The first-order valence-electron chi connectivity index (χ1n) is 9.33. The van der Waals surface area contributed by atoms with E-state index in [1.54, 1.807) is 13.0 Å². The Hall–Kier alpha value is -1.93. The number of sulfonamides is 1. The molecule has 2 rings (SSSR count). The van der Waals surface area contributed by atoms with Gasteiger partial charge in [-0.15, -0.1) is 0 Å². The number of piperidine rings is 1. The molecule has 0 aliphatic carbocycles. The predicted molar refractivity (Wildman–Crippen MR) is 102 cm³/mol. The number of nitrogens with zero attached hydrogens (tertiary/aromatic N) is 1. The third kappa shape index (κ3) is 5.52. The van der Waals surface area contributed by atoms with Crippen LogP contribution in [-0.2, 0) is 19.6 Å². The van der Waals surface area contributed by atoms with Crippen molar-refractivity contribution in [2.45, 2.75) is 57.4 Å². The molecular weight excluding hydrogens is 368 g/mol. The van der Waals surface area contributed by atoms with E-state index >= 15 is 0 Å². The molecule has 1 amide bonds. The highest BCUT2D eigenvalue weighted by atomic mass is 32.2. The van der Waals surface area contributed by atoms with Crippen LogP contribution in [0.1, 0.15) is 55.5 Å². The van der Waals surface area contributed by atoms with Gasteiger partial charge in [0, 0.05) is 19.1 Å². The van der Waals surface area contributed by atoms with E-state index in [9.17, 15) is 18.0 Å². The molecular formula is C19H28N2O5S. The van der Waals surface area contributed by atoms with Crippen LogP contribution in [0, 0.1) is 6.92 Å². The molecule has 0 radical (unpaired) electrons. The van der Waals surface area contributed by atoms with E-state index in [4.69, 9.17) is 4.74 Å². The lowest BCUT2D eigenvalue weighted by Crippen LogP contribution is -2.36. The van der Waals surface area contributed by atoms with Gasteiger partial charge in [0.1, 0.15) is 0 Å². The summed E-state index contributed by atoms with van der Waals surface area (Å²) in [6.45, 7) is 6.08. The average molecular weight is 397 g/mol. The molecule has 1 fully saturated rings. The number of rotatable bonds is 7. The smallest absolute Gasteiger partial charge is 0.338 e. The Labute approximate surface area is 161 Å². The molecule has 1 N–H and O–H groups in total. The molecule has 1 heterocycles. The first-order chi connectivity index (χ1) is 12.8. The molecule has 1 aliphatic heterocycles. The van der Waals surface area contributed by atoms with Gasteiger partial charge < -0.3 is 10.1 Å². The molecule has 1 aliphatic rings. The molecule has 0 bridgehead atoms. The third-order valence-corrected chi connectivity index (χ3v) is 6.75. The Morgan fingerprint density at radius 2 is 1.89 bits per heavy atom. The summed E-state index contributed by atoms with van der Waals surface area (Å²) in [6.07, 6.45) is 3.47. The molecule has 1 aromatic rings. The zero-order valence-electron chi connectivity index (χ0n) is 16.2. The second-order valence-electron chi connectivity index (χ2n) is 6.90. The van der Waals surface area contributed by atoms with Crippen molar-refractivity contribution in [3.05, 3.63) is 29.3 Å². The van der Waals surface area contributed by atoms with Crippen molar-refractivity contribution in [1.82, 2.24) is 9.62 Å². The molecule has 1 saturated heterocycles.